The molecule has 20 nitrogen and oxygen atoms in total. The van der Waals surface area contributed by atoms with Crippen LogP contribution in [0.2, 0.25) is 0 Å². The highest BCUT2D eigenvalue weighted by molar-refractivity contribution is 7.45. The van der Waals surface area contributed by atoms with E-state index in [0.29, 0.717) is 0 Å². The Labute approximate surface area is 137 Å². The highest BCUT2D eigenvalue weighted by Gasteiger charge is 2.00. The topological polar surface area (TPSA) is 519 Å². The van der Waals surface area contributed by atoms with Gasteiger partial charge in [0.05, 0.1) is 0 Å². The van der Waals surface area contributed by atoms with Crippen LogP contribution in [-0.4, -0.2) is 114 Å². The van der Waals surface area contributed by atoms with E-state index < -0.39 is 12.9 Å². The summed E-state index contributed by atoms with van der Waals surface area (Å²) < 4.78 is 8.88. The summed E-state index contributed by atoms with van der Waals surface area (Å²) in [6, 6.07) is 0. The molecule has 0 saturated carbocycles. The third kappa shape index (κ3) is 41600. The quantitative estimate of drug-likeness (QED) is 0.130. The number of phosphoric acid groups is 1. The molecule has 0 radical (unpaired) electrons. The molecule has 0 saturated heterocycles. The SMILES string of the molecule is O.O.O.O.O.O.O.O.O.O.O.O.O=P(O)(O)O.O=[N+]([O-])O.[MgH2]. The minimum absolute atomic E-state index is 0. The van der Waals surface area contributed by atoms with Gasteiger partial charge in [-0.15, -0.1) is 10.1 Å². The van der Waals surface area contributed by atoms with Crippen molar-refractivity contribution in [3.05, 3.63) is 10.1 Å². The molecule has 0 amide bonds. The van der Waals surface area contributed by atoms with E-state index in [2.05, 4.69) is 0 Å². The number of hydrogen-bond donors (Lipinski definition) is 4. The maximum atomic E-state index is 8.88. The molecule has 0 atom stereocenters. The van der Waals surface area contributed by atoms with Gasteiger partial charge in [0.2, 0.25) is 0 Å². The van der Waals surface area contributed by atoms with E-state index in [1.54, 1.807) is 0 Å². The van der Waals surface area contributed by atoms with Gasteiger partial charge in [0.15, 0.2) is 0 Å². The fraction of sp³-hybridized carbons (Fsp3) is 0. The van der Waals surface area contributed by atoms with Crippen molar-refractivity contribution < 1.29 is 95.3 Å². The van der Waals surface area contributed by atoms with Crippen molar-refractivity contribution in [2.75, 3.05) is 0 Å². The Hall–Kier alpha value is -0.404. The zero-order valence-corrected chi connectivity index (χ0v) is 10.8. The van der Waals surface area contributed by atoms with E-state index in [1.807, 2.05) is 0 Å². The van der Waals surface area contributed by atoms with Gasteiger partial charge in [-0.25, -0.2) is 4.57 Å². The largest absolute Gasteiger partial charge is 0.466 e. The van der Waals surface area contributed by atoms with Crippen molar-refractivity contribution >= 4 is 30.9 Å². The first-order chi connectivity index (χ1) is 3.73. The lowest BCUT2D eigenvalue weighted by atomic mass is 13.1. The zero-order chi connectivity index (χ0) is 8.08. The van der Waals surface area contributed by atoms with Crippen LogP contribution in [0.1, 0.15) is 0 Å². The molecule has 0 aromatic rings. The van der Waals surface area contributed by atoms with Gasteiger partial charge in [0, 0.05) is 0 Å². The van der Waals surface area contributed by atoms with Crippen molar-refractivity contribution in [1.29, 1.82) is 0 Å². The van der Waals surface area contributed by atoms with Crippen molar-refractivity contribution in [3.8, 4) is 0 Å². The van der Waals surface area contributed by atoms with Crippen LogP contribution < -0.4 is 0 Å². The van der Waals surface area contributed by atoms with E-state index >= 15 is 0 Å². The first-order valence-electron chi connectivity index (χ1n) is 1.35. The van der Waals surface area contributed by atoms with Crippen molar-refractivity contribution in [1.82, 2.24) is 0 Å². The number of rotatable bonds is 0. The molecule has 0 rings (SSSR count). The molecule has 0 aliphatic heterocycles. The fourth-order valence-corrected chi connectivity index (χ4v) is 0. The molecule has 0 fully saturated rings. The van der Waals surface area contributed by atoms with Crippen LogP contribution in [-0.2, 0) is 4.57 Å². The summed E-state index contributed by atoms with van der Waals surface area (Å²) in [5.74, 6) is 0. The predicted octanol–water partition coefficient (Wildman–Crippen LogP) is -12.1. The molecule has 0 bridgehead atoms. The van der Waals surface area contributed by atoms with Crippen molar-refractivity contribution in [3.63, 3.8) is 0 Å². The minimum atomic E-state index is -4.64. The molecule has 22 heavy (non-hydrogen) atoms. The van der Waals surface area contributed by atoms with Gasteiger partial charge in [-0.1, -0.05) is 0 Å². The Morgan fingerprint density at radius 3 is 0.636 bits per heavy atom. The summed E-state index contributed by atoms with van der Waals surface area (Å²) >= 11 is 0. The lowest BCUT2D eigenvalue weighted by molar-refractivity contribution is -0.742. The van der Waals surface area contributed by atoms with Gasteiger partial charge in [0.25, 0.3) is 5.09 Å². The minimum Gasteiger partial charge on any atom is -0.412 e. The molecule has 0 heterocycles. The van der Waals surface area contributed by atoms with E-state index in [9.17, 15) is 0 Å². The number of nitrogens with zero attached hydrogens (tertiary/aromatic N) is 1. The first kappa shape index (κ1) is 211. The normalized spacial score (nSPS) is 3.77. The third-order valence-corrected chi connectivity index (χ3v) is 0. The standard InChI is InChI=1S/Mg.HNO3.H3O4P.12H2O.2H/c;2-1(3)4;1-5(2,3)4;;;;;;;;;;;;;;/h;(H,2,3,4);(H3,1,2,3,4);12*1H2;;. The first-order valence-corrected chi connectivity index (χ1v) is 2.91. The third-order valence-electron chi connectivity index (χ3n) is 0. The van der Waals surface area contributed by atoms with Crippen LogP contribution in [0.15, 0.2) is 0 Å². The Morgan fingerprint density at radius 1 is 0.636 bits per heavy atom. The van der Waals surface area contributed by atoms with Crippen LogP contribution in [0, 0.1) is 10.1 Å². The highest BCUT2D eigenvalue weighted by atomic mass is 31.2. The van der Waals surface area contributed by atoms with Gasteiger partial charge in [-0.3, -0.25) is 0 Å². The molecule has 0 spiro atoms. The summed E-state index contributed by atoms with van der Waals surface area (Å²) in [5, 5.41) is 13.6. The smallest absolute Gasteiger partial charge is 0.412 e. The molecule has 0 aromatic heterocycles. The van der Waals surface area contributed by atoms with Crippen LogP contribution in [0.3, 0.4) is 0 Å². The molecule has 28 N–H and O–H groups in total. The summed E-state index contributed by atoms with van der Waals surface area (Å²) in [7, 11) is -4.64. The summed E-state index contributed by atoms with van der Waals surface area (Å²) in [6.07, 6.45) is 0. The second-order valence-electron chi connectivity index (χ2n) is 0.751. The van der Waals surface area contributed by atoms with Gasteiger partial charge in [-0.2, -0.15) is 0 Å². The molecule has 0 aromatic carbocycles. The Bertz CT molecular complexity index is 117. The van der Waals surface area contributed by atoms with E-state index in [-0.39, 0.29) is 88.8 Å². The van der Waals surface area contributed by atoms with Crippen molar-refractivity contribution in [2.45, 2.75) is 0 Å². The lowest BCUT2D eigenvalue weighted by Gasteiger charge is -1.82. The van der Waals surface area contributed by atoms with Gasteiger partial charge in [0.1, 0.15) is 0 Å². The summed E-state index contributed by atoms with van der Waals surface area (Å²) in [6.45, 7) is 0. The molecular weight excluding hydrogens is 373 g/mol. The molecule has 0 unspecified atom stereocenters. The highest BCUT2D eigenvalue weighted by Crippen LogP contribution is 2.25. The zero-order valence-electron chi connectivity index (χ0n) is 9.91. The molecule has 22 heteroatoms. The predicted molar refractivity (Wildman–Crippen MR) is 75.0 cm³/mol. The fourth-order valence-electron chi connectivity index (χ4n) is 0. The van der Waals surface area contributed by atoms with Crippen molar-refractivity contribution in [2.24, 2.45) is 0 Å². The molecule has 0 aliphatic rings. The summed E-state index contributed by atoms with van der Waals surface area (Å²) in [5.41, 5.74) is 0. The van der Waals surface area contributed by atoms with Gasteiger partial charge < -0.3 is 85.6 Å². The van der Waals surface area contributed by atoms with Crippen LogP contribution in [0.5, 0.6) is 0 Å². The maximum absolute atomic E-state index is 8.88. The summed E-state index contributed by atoms with van der Waals surface area (Å²) in [4.78, 5) is 29.9. The Balaban J connectivity index is -0.00000000216. The second-order valence-corrected chi connectivity index (χ2v) is 1.78. The van der Waals surface area contributed by atoms with Crippen LogP contribution in [0.25, 0.3) is 0 Å². The molecule has 156 valence electrons. The number of hydrogen-bond acceptors (Lipinski definition) is 3. The van der Waals surface area contributed by atoms with Gasteiger partial charge >= 0.3 is 30.9 Å². The van der Waals surface area contributed by atoms with E-state index in [4.69, 9.17) is 34.6 Å². The van der Waals surface area contributed by atoms with Crippen LogP contribution >= 0.6 is 7.82 Å². The maximum Gasteiger partial charge on any atom is 0.466 e. The Morgan fingerprint density at radius 2 is 0.636 bits per heavy atom. The van der Waals surface area contributed by atoms with Crippen LogP contribution in [0.4, 0.5) is 0 Å². The monoisotopic (exact) mass is 403 g/mol. The van der Waals surface area contributed by atoms with E-state index in [1.165, 1.54) is 0 Å². The van der Waals surface area contributed by atoms with E-state index in [0.717, 1.165) is 0 Å². The molecule has 0 aliphatic carbocycles. The second kappa shape index (κ2) is 107. The lowest BCUT2D eigenvalue weighted by Crippen LogP contribution is -1.81. The van der Waals surface area contributed by atoms with Gasteiger partial charge in [-0.05, 0) is 0 Å². The molecular formula is H30MgNO19P. The average molecular weight is 404 g/mol. The Kier molecular flexibility index (Phi) is 1020. The average Bonchev–Trinajstić information content (AvgIpc) is 1.19.